The van der Waals surface area contributed by atoms with Crippen LogP contribution in [0.25, 0.3) is 0 Å². The second-order valence-electron chi connectivity index (χ2n) is 6.79. The third kappa shape index (κ3) is 2.90. The van der Waals surface area contributed by atoms with Gasteiger partial charge >= 0.3 is 6.03 Å². The Labute approximate surface area is 142 Å². The van der Waals surface area contributed by atoms with Crippen molar-refractivity contribution >= 4 is 11.7 Å². The van der Waals surface area contributed by atoms with Gasteiger partial charge in [-0.3, -0.25) is 0 Å². The molecule has 126 valence electrons. The van der Waals surface area contributed by atoms with Crippen LogP contribution in [0.15, 0.2) is 30.7 Å². The number of rotatable bonds is 2. The standard InChI is InChI=1S/C19H24N4O/c24-19(23-10-2-1-3-11-23)22-17-9-5-6-14-15(17)7-4-8-16(14)18-12-20-13-21-18/h5-6,9,12-13,16H,1-4,7-8,10-11H2,(H,20,21)(H,22,24). The number of nitrogens with one attached hydrogen (secondary N) is 2. The highest BCUT2D eigenvalue weighted by Gasteiger charge is 2.26. The average Bonchev–Trinajstić information content (AvgIpc) is 3.17. The van der Waals surface area contributed by atoms with Gasteiger partial charge in [-0.1, -0.05) is 12.1 Å². The normalized spacial score (nSPS) is 20.5. The van der Waals surface area contributed by atoms with E-state index in [-0.39, 0.29) is 6.03 Å². The number of amides is 2. The highest BCUT2D eigenvalue weighted by molar-refractivity contribution is 5.90. The van der Waals surface area contributed by atoms with Gasteiger partial charge in [0.15, 0.2) is 0 Å². The van der Waals surface area contributed by atoms with Gasteiger partial charge in [-0.05, 0) is 55.7 Å². The molecule has 5 heteroatoms. The van der Waals surface area contributed by atoms with Gasteiger partial charge in [0.2, 0.25) is 0 Å². The van der Waals surface area contributed by atoms with Crippen LogP contribution in [0.2, 0.25) is 0 Å². The van der Waals surface area contributed by atoms with Gasteiger partial charge in [0.1, 0.15) is 0 Å². The third-order valence-corrected chi connectivity index (χ3v) is 5.27. The molecular weight excluding hydrogens is 300 g/mol. The van der Waals surface area contributed by atoms with Crippen LogP contribution in [0.3, 0.4) is 0 Å². The molecule has 1 aromatic carbocycles. The second-order valence-corrected chi connectivity index (χ2v) is 6.79. The van der Waals surface area contributed by atoms with Crippen LogP contribution in [0.1, 0.15) is 54.8 Å². The fourth-order valence-electron chi connectivity index (χ4n) is 4.03. The summed E-state index contributed by atoms with van der Waals surface area (Å²) in [6, 6.07) is 6.32. The molecule has 2 aliphatic rings. The largest absolute Gasteiger partial charge is 0.351 e. The fraction of sp³-hybridized carbons (Fsp3) is 0.474. The molecular formula is C19H24N4O. The minimum absolute atomic E-state index is 0.0463. The molecule has 2 amide bonds. The maximum absolute atomic E-state index is 12.6. The van der Waals surface area contributed by atoms with Crippen LogP contribution in [-0.2, 0) is 6.42 Å². The topological polar surface area (TPSA) is 61.0 Å². The number of aromatic amines is 1. The molecule has 1 unspecified atom stereocenters. The Hall–Kier alpha value is -2.30. The van der Waals surface area contributed by atoms with Crippen molar-refractivity contribution in [1.82, 2.24) is 14.9 Å². The number of carbonyl (C=O) groups excluding carboxylic acids is 1. The number of H-pyrrole nitrogens is 1. The van der Waals surface area contributed by atoms with Crippen LogP contribution < -0.4 is 5.32 Å². The van der Waals surface area contributed by atoms with Gasteiger partial charge in [-0.2, -0.15) is 0 Å². The maximum Gasteiger partial charge on any atom is 0.321 e. The molecule has 1 aliphatic carbocycles. The summed E-state index contributed by atoms with van der Waals surface area (Å²) < 4.78 is 0. The Morgan fingerprint density at radius 2 is 2.08 bits per heavy atom. The van der Waals surface area contributed by atoms with E-state index in [1.807, 2.05) is 17.2 Å². The van der Waals surface area contributed by atoms with E-state index in [9.17, 15) is 4.79 Å². The van der Waals surface area contributed by atoms with Crippen molar-refractivity contribution in [1.29, 1.82) is 0 Å². The van der Waals surface area contributed by atoms with E-state index >= 15 is 0 Å². The smallest absolute Gasteiger partial charge is 0.321 e. The van der Waals surface area contributed by atoms with Crippen LogP contribution in [0.4, 0.5) is 10.5 Å². The Bertz CT molecular complexity index is 704. The average molecular weight is 324 g/mol. The molecule has 0 spiro atoms. The zero-order valence-electron chi connectivity index (χ0n) is 13.9. The zero-order valence-corrected chi connectivity index (χ0v) is 13.9. The Morgan fingerprint density at radius 1 is 1.21 bits per heavy atom. The molecule has 24 heavy (non-hydrogen) atoms. The van der Waals surface area contributed by atoms with E-state index in [1.165, 1.54) is 17.5 Å². The molecule has 5 nitrogen and oxygen atoms in total. The summed E-state index contributed by atoms with van der Waals surface area (Å²) in [5.41, 5.74) is 4.66. The monoisotopic (exact) mass is 324 g/mol. The number of carbonyl (C=O) groups is 1. The molecule has 0 radical (unpaired) electrons. The molecule has 1 aliphatic heterocycles. The lowest BCUT2D eigenvalue weighted by Crippen LogP contribution is -2.39. The predicted molar refractivity (Wildman–Crippen MR) is 94.3 cm³/mol. The first-order valence-electron chi connectivity index (χ1n) is 8.99. The molecule has 4 rings (SSSR count). The van der Waals surface area contributed by atoms with Crippen molar-refractivity contribution in [2.45, 2.75) is 44.4 Å². The number of anilines is 1. The Kier molecular flexibility index (Phi) is 4.24. The second kappa shape index (κ2) is 6.67. The van der Waals surface area contributed by atoms with Gasteiger partial charge in [0.25, 0.3) is 0 Å². The molecule has 0 bridgehead atoms. The van der Waals surface area contributed by atoms with Gasteiger partial charge in [0.05, 0.1) is 12.0 Å². The molecule has 2 heterocycles. The van der Waals surface area contributed by atoms with Crippen LogP contribution in [-0.4, -0.2) is 34.0 Å². The van der Waals surface area contributed by atoms with Gasteiger partial charge < -0.3 is 15.2 Å². The predicted octanol–water partition coefficient (Wildman–Crippen LogP) is 3.90. The minimum Gasteiger partial charge on any atom is -0.351 e. The van der Waals surface area contributed by atoms with Crippen molar-refractivity contribution in [3.05, 3.63) is 47.5 Å². The van der Waals surface area contributed by atoms with E-state index < -0.39 is 0 Å². The number of nitrogens with zero attached hydrogens (tertiary/aromatic N) is 2. The molecule has 1 fully saturated rings. The summed E-state index contributed by atoms with van der Waals surface area (Å²) in [6.07, 6.45) is 10.4. The summed E-state index contributed by atoms with van der Waals surface area (Å²) >= 11 is 0. The highest BCUT2D eigenvalue weighted by atomic mass is 16.2. The van der Waals surface area contributed by atoms with Crippen molar-refractivity contribution in [2.24, 2.45) is 0 Å². The molecule has 1 saturated heterocycles. The van der Waals surface area contributed by atoms with E-state index in [1.54, 1.807) is 6.33 Å². The lowest BCUT2D eigenvalue weighted by atomic mass is 9.80. The van der Waals surface area contributed by atoms with Gasteiger partial charge in [0, 0.05) is 30.9 Å². The van der Waals surface area contributed by atoms with Crippen LogP contribution >= 0.6 is 0 Å². The minimum atomic E-state index is 0.0463. The van der Waals surface area contributed by atoms with Gasteiger partial charge in [-0.25, -0.2) is 9.78 Å². The van der Waals surface area contributed by atoms with E-state index in [0.717, 1.165) is 56.6 Å². The Balaban J connectivity index is 1.59. The van der Waals surface area contributed by atoms with Crippen molar-refractivity contribution in [2.75, 3.05) is 18.4 Å². The first kappa shape index (κ1) is 15.2. The lowest BCUT2D eigenvalue weighted by molar-refractivity contribution is 0.200. The molecule has 0 saturated carbocycles. The summed E-state index contributed by atoms with van der Waals surface area (Å²) in [4.78, 5) is 22.0. The van der Waals surface area contributed by atoms with Crippen molar-refractivity contribution in [3.63, 3.8) is 0 Å². The SMILES string of the molecule is O=C(Nc1cccc2c1CCCC2c1c[nH]cn1)N1CCCCC1. The van der Waals surface area contributed by atoms with E-state index in [4.69, 9.17) is 0 Å². The molecule has 1 aromatic heterocycles. The summed E-state index contributed by atoms with van der Waals surface area (Å²) in [5, 5.41) is 3.16. The van der Waals surface area contributed by atoms with Crippen LogP contribution in [0, 0.1) is 0 Å². The quantitative estimate of drug-likeness (QED) is 0.880. The van der Waals surface area contributed by atoms with E-state index in [0.29, 0.717) is 5.92 Å². The van der Waals surface area contributed by atoms with Crippen LogP contribution in [0.5, 0.6) is 0 Å². The van der Waals surface area contributed by atoms with E-state index in [2.05, 4.69) is 27.4 Å². The fourth-order valence-corrected chi connectivity index (χ4v) is 4.03. The molecule has 1 atom stereocenters. The Morgan fingerprint density at radius 3 is 2.88 bits per heavy atom. The lowest BCUT2D eigenvalue weighted by Gasteiger charge is -2.29. The number of hydrogen-bond acceptors (Lipinski definition) is 2. The number of benzene rings is 1. The molecule has 2 aromatic rings. The zero-order chi connectivity index (χ0) is 16.4. The maximum atomic E-state index is 12.6. The first-order valence-corrected chi connectivity index (χ1v) is 8.99. The summed E-state index contributed by atoms with van der Waals surface area (Å²) in [5.74, 6) is 0.326. The number of fused-ring (bicyclic) bond motifs is 1. The number of urea groups is 1. The number of aromatic nitrogens is 2. The number of hydrogen-bond donors (Lipinski definition) is 2. The first-order chi connectivity index (χ1) is 11.8. The van der Waals surface area contributed by atoms with Crippen molar-refractivity contribution < 1.29 is 4.79 Å². The third-order valence-electron chi connectivity index (χ3n) is 5.27. The molecule has 2 N–H and O–H groups in total. The summed E-state index contributed by atoms with van der Waals surface area (Å²) in [7, 11) is 0. The number of imidazole rings is 1. The van der Waals surface area contributed by atoms with Crippen molar-refractivity contribution in [3.8, 4) is 0 Å². The number of piperidine rings is 1. The number of likely N-dealkylation sites (tertiary alicyclic amines) is 1. The van der Waals surface area contributed by atoms with Gasteiger partial charge in [-0.15, -0.1) is 0 Å². The highest BCUT2D eigenvalue weighted by Crippen LogP contribution is 2.38. The summed E-state index contributed by atoms with van der Waals surface area (Å²) in [6.45, 7) is 1.74.